The fourth-order valence-electron chi connectivity index (χ4n) is 1.12. The first-order valence-corrected chi connectivity index (χ1v) is 4.87. The zero-order valence-electron chi connectivity index (χ0n) is 8.06. The summed E-state index contributed by atoms with van der Waals surface area (Å²) in [5, 5.41) is 3.45. The van der Waals surface area contributed by atoms with Crippen LogP contribution in [0.2, 0.25) is 5.02 Å². The van der Waals surface area contributed by atoms with Gasteiger partial charge in [-0.25, -0.2) is 4.39 Å². The summed E-state index contributed by atoms with van der Waals surface area (Å²) in [7, 11) is 1.90. The zero-order valence-corrected chi connectivity index (χ0v) is 8.81. The molecule has 0 aromatic heterocycles. The van der Waals surface area contributed by atoms with Gasteiger partial charge in [-0.05, 0) is 43.8 Å². The molecule has 0 heterocycles. The van der Waals surface area contributed by atoms with E-state index in [0.29, 0.717) is 5.02 Å². The van der Waals surface area contributed by atoms with E-state index in [1.54, 1.807) is 6.07 Å². The molecule has 0 atom stereocenters. The van der Waals surface area contributed by atoms with E-state index in [0.717, 1.165) is 18.5 Å². The molecular weight excluding hydrogens is 201 g/mol. The lowest BCUT2D eigenvalue weighted by Gasteiger charge is -1.96. The van der Waals surface area contributed by atoms with Crippen molar-refractivity contribution in [3.8, 4) is 0 Å². The standard InChI is InChI=1S/C11H13ClFN/c1-14-5-3-2-4-9-6-10(12)8-11(13)7-9/h2,4,6-8,14H,3,5H2,1H3. The van der Waals surface area contributed by atoms with Crippen molar-refractivity contribution in [3.63, 3.8) is 0 Å². The minimum absolute atomic E-state index is 0.300. The van der Waals surface area contributed by atoms with Gasteiger partial charge in [-0.2, -0.15) is 0 Å². The minimum Gasteiger partial charge on any atom is -0.319 e. The molecule has 14 heavy (non-hydrogen) atoms. The lowest BCUT2D eigenvalue weighted by Crippen LogP contribution is -2.05. The molecule has 0 aliphatic rings. The van der Waals surface area contributed by atoms with Crippen molar-refractivity contribution in [2.45, 2.75) is 6.42 Å². The highest BCUT2D eigenvalue weighted by Crippen LogP contribution is 2.15. The van der Waals surface area contributed by atoms with Crippen LogP contribution in [0.15, 0.2) is 24.3 Å². The summed E-state index contributed by atoms with van der Waals surface area (Å²) in [4.78, 5) is 0. The molecule has 3 heteroatoms. The second kappa shape index (κ2) is 5.78. The fourth-order valence-corrected chi connectivity index (χ4v) is 1.35. The van der Waals surface area contributed by atoms with E-state index in [1.165, 1.54) is 12.1 Å². The van der Waals surface area contributed by atoms with Crippen molar-refractivity contribution in [2.75, 3.05) is 13.6 Å². The molecule has 1 aromatic carbocycles. The molecule has 0 aliphatic carbocycles. The van der Waals surface area contributed by atoms with E-state index in [9.17, 15) is 4.39 Å². The Labute approximate surface area is 88.6 Å². The van der Waals surface area contributed by atoms with Gasteiger partial charge in [0.15, 0.2) is 0 Å². The van der Waals surface area contributed by atoms with Crippen molar-refractivity contribution >= 4 is 17.7 Å². The van der Waals surface area contributed by atoms with Crippen LogP contribution in [0.25, 0.3) is 6.08 Å². The average molecular weight is 214 g/mol. The normalized spacial score (nSPS) is 11.1. The number of hydrogen-bond donors (Lipinski definition) is 1. The minimum atomic E-state index is -0.300. The summed E-state index contributed by atoms with van der Waals surface area (Å²) in [5.41, 5.74) is 0.797. The summed E-state index contributed by atoms with van der Waals surface area (Å²) in [6, 6.07) is 4.49. The van der Waals surface area contributed by atoms with Crippen LogP contribution in [0.5, 0.6) is 0 Å². The SMILES string of the molecule is CNCCC=Cc1cc(F)cc(Cl)c1. The monoisotopic (exact) mass is 213 g/mol. The van der Waals surface area contributed by atoms with Gasteiger partial charge in [0, 0.05) is 5.02 Å². The molecule has 0 spiro atoms. The Bertz CT molecular complexity index is 303. The van der Waals surface area contributed by atoms with Gasteiger partial charge in [0.25, 0.3) is 0 Å². The Hall–Kier alpha value is -0.860. The molecule has 0 radical (unpaired) electrons. The third-order valence-corrected chi connectivity index (χ3v) is 1.97. The second-order valence-electron chi connectivity index (χ2n) is 3.00. The molecule has 0 amide bonds. The Balaban J connectivity index is 2.62. The van der Waals surface area contributed by atoms with Crippen molar-refractivity contribution in [1.82, 2.24) is 5.32 Å². The first kappa shape index (κ1) is 11.2. The number of nitrogens with one attached hydrogen (secondary N) is 1. The van der Waals surface area contributed by atoms with E-state index in [-0.39, 0.29) is 5.82 Å². The zero-order chi connectivity index (χ0) is 10.4. The first-order chi connectivity index (χ1) is 6.72. The summed E-state index contributed by atoms with van der Waals surface area (Å²) < 4.78 is 12.9. The third-order valence-electron chi connectivity index (χ3n) is 1.76. The Morgan fingerprint density at radius 1 is 1.43 bits per heavy atom. The number of rotatable bonds is 4. The van der Waals surface area contributed by atoms with Crippen molar-refractivity contribution in [1.29, 1.82) is 0 Å². The largest absolute Gasteiger partial charge is 0.319 e. The molecule has 0 aliphatic heterocycles. The molecule has 0 unspecified atom stereocenters. The molecule has 1 rings (SSSR count). The van der Waals surface area contributed by atoms with Crippen molar-refractivity contribution in [3.05, 3.63) is 40.7 Å². The van der Waals surface area contributed by atoms with Crippen LogP contribution >= 0.6 is 11.6 Å². The topological polar surface area (TPSA) is 12.0 Å². The van der Waals surface area contributed by atoms with Crippen LogP contribution in [0, 0.1) is 5.82 Å². The Morgan fingerprint density at radius 3 is 2.86 bits per heavy atom. The molecule has 1 N–H and O–H groups in total. The maximum Gasteiger partial charge on any atom is 0.125 e. The maximum atomic E-state index is 12.9. The highest BCUT2D eigenvalue weighted by Gasteiger charge is 1.95. The van der Waals surface area contributed by atoms with Crippen LogP contribution < -0.4 is 5.32 Å². The van der Waals surface area contributed by atoms with E-state index in [1.807, 2.05) is 19.2 Å². The molecule has 1 aromatic rings. The van der Waals surface area contributed by atoms with Crippen molar-refractivity contribution < 1.29 is 4.39 Å². The van der Waals surface area contributed by atoms with Crippen LogP contribution in [-0.4, -0.2) is 13.6 Å². The highest BCUT2D eigenvalue weighted by atomic mass is 35.5. The lowest BCUT2D eigenvalue weighted by atomic mass is 10.2. The maximum absolute atomic E-state index is 12.9. The van der Waals surface area contributed by atoms with Gasteiger partial charge in [-0.1, -0.05) is 23.8 Å². The van der Waals surface area contributed by atoms with Gasteiger partial charge >= 0.3 is 0 Å². The smallest absolute Gasteiger partial charge is 0.125 e. The summed E-state index contributed by atoms with van der Waals surface area (Å²) in [6.07, 6.45) is 4.78. The van der Waals surface area contributed by atoms with Crippen LogP contribution in [0.1, 0.15) is 12.0 Å². The van der Waals surface area contributed by atoms with Gasteiger partial charge in [0.05, 0.1) is 0 Å². The average Bonchev–Trinajstić information content (AvgIpc) is 2.11. The third kappa shape index (κ3) is 3.90. The molecule has 0 bridgehead atoms. The molecule has 1 nitrogen and oxygen atoms in total. The van der Waals surface area contributed by atoms with Gasteiger partial charge in [0.1, 0.15) is 5.82 Å². The van der Waals surface area contributed by atoms with Gasteiger partial charge in [-0.15, -0.1) is 0 Å². The summed E-state index contributed by atoms with van der Waals surface area (Å²) >= 11 is 5.70. The fraction of sp³-hybridized carbons (Fsp3) is 0.273. The van der Waals surface area contributed by atoms with E-state index < -0.39 is 0 Å². The molecular formula is C11H13ClFN. The predicted molar refractivity (Wildman–Crippen MR) is 59.0 cm³/mol. The number of halogens is 2. The molecule has 0 fully saturated rings. The quantitative estimate of drug-likeness (QED) is 0.758. The van der Waals surface area contributed by atoms with Crippen LogP contribution in [0.4, 0.5) is 4.39 Å². The van der Waals surface area contributed by atoms with E-state index in [2.05, 4.69) is 5.32 Å². The van der Waals surface area contributed by atoms with Gasteiger partial charge in [0.2, 0.25) is 0 Å². The summed E-state index contributed by atoms with van der Waals surface area (Å²) in [5.74, 6) is -0.300. The Morgan fingerprint density at radius 2 is 2.21 bits per heavy atom. The lowest BCUT2D eigenvalue weighted by molar-refractivity contribution is 0.627. The molecule has 0 saturated heterocycles. The Kier molecular flexibility index (Phi) is 4.63. The summed E-state index contributed by atoms with van der Waals surface area (Å²) in [6.45, 7) is 0.916. The second-order valence-corrected chi connectivity index (χ2v) is 3.43. The van der Waals surface area contributed by atoms with Gasteiger partial charge < -0.3 is 5.32 Å². The highest BCUT2D eigenvalue weighted by molar-refractivity contribution is 6.30. The van der Waals surface area contributed by atoms with Gasteiger partial charge in [-0.3, -0.25) is 0 Å². The molecule has 76 valence electrons. The predicted octanol–water partition coefficient (Wildman–Crippen LogP) is 3.10. The van der Waals surface area contributed by atoms with Crippen LogP contribution in [-0.2, 0) is 0 Å². The van der Waals surface area contributed by atoms with E-state index >= 15 is 0 Å². The van der Waals surface area contributed by atoms with Crippen LogP contribution in [0.3, 0.4) is 0 Å². The number of hydrogen-bond acceptors (Lipinski definition) is 1. The number of benzene rings is 1. The first-order valence-electron chi connectivity index (χ1n) is 4.49. The van der Waals surface area contributed by atoms with Crippen molar-refractivity contribution in [2.24, 2.45) is 0 Å². The van der Waals surface area contributed by atoms with E-state index in [4.69, 9.17) is 11.6 Å². The molecule has 0 saturated carbocycles.